The highest BCUT2D eigenvalue weighted by atomic mass is 79.9. The Balaban J connectivity index is -0.00000128. The minimum Gasteiger partial charge on any atom is -1.00 e. The van der Waals surface area contributed by atoms with Crippen LogP contribution in [0.25, 0.3) is 0 Å². The van der Waals surface area contributed by atoms with Gasteiger partial charge in [-0.25, -0.2) is 0 Å². The third kappa shape index (κ3) is 30.8. The Bertz CT molecular complexity index is 193. The minimum atomic E-state index is 0. The molecule has 144 valence electrons. The first-order chi connectivity index (χ1) is 10.6. The molecule has 1 N–H and O–H groups in total. The molecule has 23 heavy (non-hydrogen) atoms. The summed E-state index contributed by atoms with van der Waals surface area (Å²) in [5.41, 5.74) is 0. The standard InChI is InChI=1S/C19H42N.CH4O.BrH/c1-5-6-7-8-9-10-11-12-13-14-15-16-17-18-19-20(2,3)4;1-2;/h5-19H2,1-4H3;2H,1H3;1H/q+1;;/p-1. The van der Waals surface area contributed by atoms with Crippen molar-refractivity contribution in [1.82, 2.24) is 0 Å². The Hall–Kier alpha value is 0.400. The molecule has 0 spiro atoms. The van der Waals surface area contributed by atoms with Crippen molar-refractivity contribution in [1.29, 1.82) is 0 Å². The lowest BCUT2D eigenvalue weighted by Gasteiger charge is -2.23. The monoisotopic (exact) mass is 395 g/mol. The number of rotatable bonds is 15. The van der Waals surface area contributed by atoms with Gasteiger partial charge in [0.2, 0.25) is 0 Å². The zero-order chi connectivity index (χ0) is 17.1. The van der Waals surface area contributed by atoms with Crippen LogP contribution in [0, 0.1) is 0 Å². The zero-order valence-electron chi connectivity index (χ0n) is 16.9. The number of hydrogen-bond acceptors (Lipinski definition) is 1. The van der Waals surface area contributed by atoms with Crippen LogP contribution in [0.15, 0.2) is 0 Å². The fraction of sp³-hybridized carbons (Fsp3) is 1.00. The fourth-order valence-corrected chi connectivity index (χ4v) is 2.78. The van der Waals surface area contributed by atoms with Gasteiger partial charge in [0.15, 0.2) is 0 Å². The molecule has 0 amide bonds. The molecule has 0 aliphatic heterocycles. The van der Waals surface area contributed by atoms with Gasteiger partial charge in [-0.1, -0.05) is 84.0 Å². The van der Waals surface area contributed by atoms with Gasteiger partial charge in [-0.15, -0.1) is 0 Å². The Morgan fingerprint density at radius 3 is 1.04 bits per heavy atom. The van der Waals surface area contributed by atoms with Crippen LogP contribution in [-0.4, -0.2) is 44.4 Å². The second kappa shape index (κ2) is 22.4. The van der Waals surface area contributed by atoms with E-state index in [4.69, 9.17) is 5.11 Å². The van der Waals surface area contributed by atoms with Crippen LogP contribution in [0.1, 0.15) is 96.8 Å². The van der Waals surface area contributed by atoms with E-state index in [-0.39, 0.29) is 17.0 Å². The second-order valence-electron chi connectivity index (χ2n) is 7.61. The Kier molecular flexibility index (Phi) is 27.5. The van der Waals surface area contributed by atoms with Gasteiger partial charge in [0.25, 0.3) is 0 Å². The third-order valence-electron chi connectivity index (χ3n) is 4.18. The van der Waals surface area contributed by atoms with Crippen molar-refractivity contribution < 1.29 is 26.6 Å². The highest BCUT2D eigenvalue weighted by molar-refractivity contribution is 4.49. The van der Waals surface area contributed by atoms with Gasteiger partial charge < -0.3 is 26.6 Å². The van der Waals surface area contributed by atoms with Crippen molar-refractivity contribution in [2.45, 2.75) is 96.8 Å². The lowest BCUT2D eigenvalue weighted by Crippen LogP contribution is -3.00. The van der Waals surface area contributed by atoms with Gasteiger partial charge in [-0.3, -0.25) is 0 Å². The number of aliphatic hydroxyl groups excluding tert-OH is 1. The van der Waals surface area contributed by atoms with Crippen molar-refractivity contribution >= 4 is 0 Å². The van der Waals surface area contributed by atoms with E-state index < -0.39 is 0 Å². The average molecular weight is 396 g/mol. The summed E-state index contributed by atoms with van der Waals surface area (Å²) >= 11 is 0. The molecule has 0 aromatic rings. The maximum Gasteiger partial charge on any atom is 0.0780 e. The summed E-state index contributed by atoms with van der Waals surface area (Å²) in [7, 11) is 7.88. The molecule has 2 nitrogen and oxygen atoms in total. The maximum absolute atomic E-state index is 7.00. The summed E-state index contributed by atoms with van der Waals surface area (Å²) in [6.45, 7) is 3.63. The molecule has 0 saturated carbocycles. The molecule has 0 aliphatic carbocycles. The molecule has 0 heterocycles. The SMILES string of the molecule is CCCCCCCCCCCCCCCC[N+](C)(C)C.CO.[Br-]. The normalized spacial score (nSPS) is 10.7. The highest BCUT2D eigenvalue weighted by Crippen LogP contribution is 2.13. The van der Waals surface area contributed by atoms with Crippen molar-refractivity contribution in [2.24, 2.45) is 0 Å². The van der Waals surface area contributed by atoms with E-state index in [1.807, 2.05) is 0 Å². The van der Waals surface area contributed by atoms with Crippen LogP contribution in [0.3, 0.4) is 0 Å². The predicted molar refractivity (Wildman–Crippen MR) is 101 cm³/mol. The number of aliphatic hydroxyl groups is 1. The largest absolute Gasteiger partial charge is 1.00 e. The molecule has 0 saturated heterocycles. The van der Waals surface area contributed by atoms with Crippen LogP contribution in [0.4, 0.5) is 0 Å². The number of quaternary nitrogens is 1. The zero-order valence-corrected chi connectivity index (χ0v) is 18.5. The second-order valence-corrected chi connectivity index (χ2v) is 7.61. The summed E-state index contributed by atoms with van der Waals surface area (Å²) < 4.78 is 1.12. The molecule has 0 aromatic carbocycles. The Labute approximate surface area is 158 Å². The van der Waals surface area contributed by atoms with Crippen molar-refractivity contribution in [3.63, 3.8) is 0 Å². The van der Waals surface area contributed by atoms with E-state index in [0.717, 1.165) is 11.6 Å². The number of halogens is 1. The summed E-state index contributed by atoms with van der Waals surface area (Å²) in [6.07, 6.45) is 20.4. The van der Waals surface area contributed by atoms with Gasteiger partial charge in [0.05, 0.1) is 27.7 Å². The van der Waals surface area contributed by atoms with Gasteiger partial charge in [-0.05, 0) is 12.8 Å². The summed E-state index contributed by atoms with van der Waals surface area (Å²) in [4.78, 5) is 0. The van der Waals surface area contributed by atoms with Crippen LogP contribution >= 0.6 is 0 Å². The van der Waals surface area contributed by atoms with E-state index in [1.165, 1.54) is 96.4 Å². The molecule has 0 aliphatic rings. The van der Waals surface area contributed by atoms with Crippen LogP contribution in [0.5, 0.6) is 0 Å². The summed E-state index contributed by atoms with van der Waals surface area (Å²) in [5.74, 6) is 0. The first kappa shape index (κ1) is 28.2. The highest BCUT2D eigenvalue weighted by Gasteiger charge is 2.04. The number of nitrogens with zero attached hydrogens (tertiary/aromatic N) is 1. The van der Waals surface area contributed by atoms with E-state index in [2.05, 4.69) is 28.1 Å². The third-order valence-corrected chi connectivity index (χ3v) is 4.18. The smallest absolute Gasteiger partial charge is 0.0780 e. The summed E-state index contributed by atoms with van der Waals surface area (Å²) in [5, 5.41) is 7.00. The number of hydrogen-bond donors (Lipinski definition) is 1. The maximum atomic E-state index is 7.00. The van der Waals surface area contributed by atoms with Crippen LogP contribution < -0.4 is 17.0 Å². The lowest BCUT2D eigenvalue weighted by atomic mass is 10.0. The molecular weight excluding hydrogens is 350 g/mol. The molecule has 3 heteroatoms. The average Bonchev–Trinajstić information content (AvgIpc) is 2.48. The van der Waals surface area contributed by atoms with Gasteiger partial charge in [0.1, 0.15) is 0 Å². The van der Waals surface area contributed by atoms with Gasteiger partial charge in [0, 0.05) is 7.11 Å². The topological polar surface area (TPSA) is 20.2 Å². The number of unbranched alkanes of at least 4 members (excludes halogenated alkanes) is 13. The van der Waals surface area contributed by atoms with Gasteiger partial charge in [-0.2, -0.15) is 0 Å². The predicted octanol–water partition coefficient (Wildman–Crippen LogP) is 2.79. The molecule has 0 rings (SSSR count). The molecule has 0 fully saturated rings. The minimum absolute atomic E-state index is 0. The van der Waals surface area contributed by atoms with Crippen molar-refractivity contribution in [3.05, 3.63) is 0 Å². The van der Waals surface area contributed by atoms with Gasteiger partial charge >= 0.3 is 0 Å². The fourth-order valence-electron chi connectivity index (χ4n) is 2.78. The lowest BCUT2D eigenvalue weighted by molar-refractivity contribution is -0.870. The molecular formula is C20H46BrNO. The molecule has 0 bridgehead atoms. The van der Waals surface area contributed by atoms with E-state index >= 15 is 0 Å². The first-order valence-corrected chi connectivity index (χ1v) is 9.81. The summed E-state index contributed by atoms with van der Waals surface area (Å²) in [6, 6.07) is 0. The molecule has 0 radical (unpaired) electrons. The van der Waals surface area contributed by atoms with E-state index in [9.17, 15) is 0 Å². The molecule has 0 atom stereocenters. The van der Waals surface area contributed by atoms with Crippen molar-refractivity contribution in [2.75, 3.05) is 34.8 Å². The van der Waals surface area contributed by atoms with Crippen LogP contribution in [-0.2, 0) is 0 Å². The molecule has 0 aromatic heterocycles. The van der Waals surface area contributed by atoms with E-state index in [1.54, 1.807) is 0 Å². The Morgan fingerprint density at radius 2 is 0.783 bits per heavy atom. The van der Waals surface area contributed by atoms with Crippen LogP contribution in [0.2, 0.25) is 0 Å². The quantitative estimate of drug-likeness (QED) is 0.333. The first-order valence-electron chi connectivity index (χ1n) is 9.81. The van der Waals surface area contributed by atoms with Crippen molar-refractivity contribution in [3.8, 4) is 0 Å². The van der Waals surface area contributed by atoms with E-state index in [0.29, 0.717) is 0 Å². The molecule has 0 unspecified atom stereocenters. The Morgan fingerprint density at radius 1 is 0.522 bits per heavy atom.